The van der Waals surface area contributed by atoms with Crippen molar-refractivity contribution in [2.24, 2.45) is 5.73 Å². The Labute approximate surface area is 162 Å². The van der Waals surface area contributed by atoms with Crippen molar-refractivity contribution in [2.45, 2.75) is 51.6 Å². The van der Waals surface area contributed by atoms with Gasteiger partial charge in [-0.05, 0) is 24.0 Å². The molecule has 6 nitrogen and oxygen atoms in total. The minimum absolute atomic E-state index is 0. The van der Waals surface area contributed by atoms with Gasteiger partial charge in [-0.15, -0.1) is 12.4 Å². The van der Waals surface area contributed by atoms with Crippen molar-refractivity contribution >= 4 is 24.3 Å². The molecule has 1 saturated heterocycles. The minimum Gasteiger partial charge on any atom is -0.352 e. The summed E-state index contributed by atoms with van der Waals surface area (Å²) in [6.07, 6.45) is 3.45. The number of aryl methyl sites for hydroxylation is 1. The zero-order valence-corrected chi connectivity index (χ0v) is 16.5. The molecule has 0 aromatic heterocycles. The predicted octanol–water partition coefficient (Wildman–Crippen LogP) is 2.37. The number of halogens is 1. The van der Waals surface area contributed by atoms with Crippen LogP contribution in [-0.2, 0) is 11.2 Å². The fourth-order valence-electron chi connectivity index (χ4n) is 3.28. The average Bonchev–Trinajstić information content (AvgIpc) is 2.64. The van der Waals surface area contributed by atoms with E-state index in [1.165, 1.54) is 5.56 Å². The molecule has 1 aromatic carbocycles. The Kier molecular flexibility index (Phi) is 9.44. The van der Waals surface area contributed by atoms with E-state index in [1.54, 1.807) is 0 Å². The summed E-state index contributed by atoms with van der Waals surface area (Å²) in [5.74, 6) is -0.0432. The second kappa shape index (κ2) is 11.0. The molecule has 3 amide bonds. The van der Waals surface area contributed by atoms with Gasteiger partial charge in [-0.25, -0.2) is 4.79 Å². The molecule has 1 fully saturated rings. The molecule has 1 aliphatic rings. The van der Waals surface area contributed by atoms with Gasteiger partial charge in [0.05, 0.1) is 6.04 Å². The molecule has 2 rings (SSSR count). The SMILES string of the molecule is CCCCC(NC(N)=O)C(=O)N1CCNCC1c1ccc(CC)cc1.Cl. The number of benzene rings is 1. The maximum Gasteiger partial charge on any atom is 0.312 e. The molecular weight excluding hydrogens is 352 g/mol. The van der Waals surface area contributed by atoms with Crippen LogP contribution in [0.2, 0.25) is 0 Å². The Morgan fingerprint density at radius 3 is 2.58 bits per heavy atom. The number of primary amides is 1. The van der Waals surface area contributed by atoms with Crippen molar-refractivity contribution in [3.63, 3.8) is 0 Å². The summed E-state index contributed by atoms with van der Waals surface area (Å²) in [5.41, 5.74) is 7.67. The van der Waals surface area contributed by atoms with Gasteiger partial charge in [0.1, 0.15) is 6.04 Å². The van der Waals surface area contributed by atoms with Crippen LogP contribution in [0.25, 0.3) is 0 Å². The fraction of sp³-hybridized carbons (Fsp3) is 0.579. The molecule has 1 aromatic rings. The molecular formula is C19H31ClN4O2. The average molecular weight is 383 g/mol. The van der Waals surface area contributed by atoms with Crippen LogP contribution in [0, 0.1) is 0 Å². The summed E-state index contributed by atoms with van der Waals surface area (Å²) in [5, 5.41) is 5.99. The predicted molar refractivity (Wildman–Crippen MR) is 106 cm³/mol. The number of carbonyl (C=O) groups is 2. The lowest BCUT2D eigenvalue weighted by Crippen LogP contribution is -2.56. The van der Waals surface area contributed by atoms with E-state index >= 15 is 0 Å². The zero-order valence-electron chi connectivity index (χ0n) is 15.7. The number of nitrogens with two attached hydrogens (primary N) is 1. The summed E-state index contributed by atoms with van der Waals surface area (Å²) in [6.45, 7) is 6.29. The number of nitrogens with zero attached hydrogens (tertiary/aromatic N) is 1. The first-order valence-electron chi connectivity index (χ1n) is 9.22. The Bertz CT molecular complexity index is 579. The third-order valence-electron chi connectivity index (χ3n) is 4.76. The van der Waals surface area contributed by atoms with E-state index in [0.717, 1.165) is 31.4 Å². The zero-order chi connectivity index (χ0) is 18.2. The standard InChI is InChI=1S/C19H30N4O2.ClH/c1-3-5-6-16(22-19(20)25)18(24)23-12-11-21-13-17(23)15-9-7-14(4-2)8-10-15;/h7-10,16-17,21H,3-6,11-13H2,1-2H3,(H3,20,22,25);1H. The Balaban J connectivity index is 0.00000338. The quantitative estimate of drug-likeness (QED) is 0.676. The summed E-state index contributed by atoms with van der Waals surface area (Å²) in [4.78, 5) is 26.3. The molecule has 0 spiro atoms. The van der Waals surface area contributed by atoms with E-state index in [1.807, 2.05) is 4.90 Å². The smallest absolute Gasteiger partial charge is 0.312 e. The van der Waals surface area contributed by atoms with Crippen molar-refractivity contribution in [3.05, 3.63) is 35.4 Å². The number of hydrogen-bond donors (Lipinski definition) is 3. The largest absolute Gasteiger partial charge is 0.352 e. The van der Waals surface area contributed by atoms with Crippen LogP contribution >= 0.6 is 12.4 Å². The van der Waals surface area contributed by atoms with Gasteiger partial charge in [-0.3, -0.25) is 4.79 Å². The highest BCUT2D eigenvalue weighted by atomic mass is 35.5. The second-order valence-corrected chi connectivity index (χ2v) is 6.55. The molecule has 0 saturated carbocycles. The summed E-state index contributed by atoms with van der Waals surface area (Å²) >= 11 is 0. The minimum atomic E-state index is -0.645. The number of amides is 3. The first kappa shape index (κ1) is 22.3. The Morgan fingerprint density at radius 1 is 1.31 bits per heavy atom. The van der Waals surface area contributed by atoms with Crippen LogP contribution in [0.5, 0.6) is 0 Å². The van der Waals surface area contributed by atoms with E-state index in [-0.39, 0.29) is 24.4 Å². The van der Waals surface area contributed by atoms with Gasteiger partial charge in [0, 0.05) is 19.6 Å². The van der Waals surface area contributed by atoms with Crippen LogP contribution in [0.3, 0.4) is 0 Å². The van der Waals surface area contributed by atoms with Crippen molar-refractivity contribution < 1.29 is 9.59 Å². The van der Waals surface area contributed by atoms with Gasteiger partial charge < -0.3 is 21.3 Å². The van der Waals surface area contributed by atoms with Crippen molar-refractivity contribution in [1.82, 2.24) is 15.5 Å². The van der Waals surface area contributed by atoms with E-state index in [9.17, 15) is 9.59 Å². The number of hydrogen-bond acceptors (Lipinski definition) is 3. The lowest BCUT2D eigenvalue weighted by atomic mass is 9.99. The Morgan fingerprint density at radius 2 is 2.00 bits per heavy atom. The van der Waals surface area contributed by atoms with E-state index < -0.39 is 12.1 Å². The van der Waals surface area contributed by atoms with Gasteiger partial charge >= 0.3 is 6.03 Å². The van der Waals surface area contributed by atoms with Crippen LogP contribution in [0.4, 0.5) is 4.79 Å². The van der Waals surface area contributed by atoms with Crippen LogP contribution in [0.1, 0.15) is 50.3 Å². The molecule has 2 atom stereocenters. The normalized spacial score (nSPS) is 17.9. The highest BCUT2D eigenvalue weighted by molar-refractivity contribution is 5.87. The molecule has 0 radical (unpaired) electrons. The van der Waals surface area contributed by atoms with Crippen LogP contribution in [0.15, 0.2) is 24.3 Å². The highest BCUT2D eigenvalue weighted by Gasteiger charge is 2.32. The summed E-state index contributed by atoms with van der Waals surface area (Å²) < 4.78 is 0. The lowest BCUT2D eigenvalue weighted by molar-refractivity contribution is -0.136. The molecule has 0 bridgehead atoms. The highest BCUT2D eigenvalue weighted by Crippen LogP contribution is 2.24. The number of nitrogens with one attached hydrogen (secondary N) is 2. The topological polar surface area (TPSA) is 87.5 Å². The summed E-state index contributed by atoms with van der Waals surface area (Å²) in [6, 6.07) is 7.21. The molecule has 7 heteroatoms. The molecule has 26 heavy (non-hydrogen) atoms. The van der Waals surface area contributed by atoms with Crippen LogP contribution < -0.4 is 16.4 Å². The summed E-state index contributed by atoms with van der Waals surface area (Å²) in [7, 11) is 0. The molecule has 0 aliphatic carbocycles. The third kappa shape index (κ3) is 5.88. The molecule has 1 heterocycles. The van der Waals surface area contributed by atoms with Crippen molar-refractivity contribution in [2.75, 3.05) is 19.6 Å². The van der Waals surface area contributed by atoms with Gasteiger partial charge in [0.2, 0.25) is 5.91 Å². The lowest BCUT2D eigenvalue weighted by Gasteiger charge is -2.38. The monoisotopic (exact) mass is 382 g/mol. The van der Waals surface area contributed by atoms with E-state index in [2.05, 4.69) is 48.7 Å². The molecule has 2 unspecified atom stereocenters. The fourth-order valence-corrected chi connectivity index (χ4v) is 3.28. The number of unbranched alkanes of at least 4 members (excludes halogenated alkanes) is 1. The van der Waals surface area contributed by atoms with Gasteiger partial charge in [-0.1, -0.05) is 51.0 Å². The van der Waals surface area contributed by atoms with Gasteiger partial charge in [0.25, 0.3) is 0 Å². The second-order valence-electron chi connectivity index (χ2n) is 6.55. The Hall–Kier alpha value is -1.79. The van der Waals surface area contributed by atoms with Crippen molar-refractivity contribution in [3.8, 4) is 0 Å². The van der Waals surface area contributed by atoms with Crippen LogP contribution in [-0.4, -0.2) is 42.5 Å². The third-order valence-corrected chi connectivity index (χ3v) is 4.76. The van der Waals surface area contributed by atoms with Gasteiger partial charge in [-0.2, -0.15) is 0 Å². The number of rotatable bonds is 7. The number of piperazine rings is 1. The van der Waals surface area contributed by atoms with E-state index in [4.69, 9.17) is 5.73 Å². The van der Waals surface area contributed by atoms with E-state index in [0.29, 0.717) is 19.5 Å². The molecule has 1 aliphatic heterocycles. The van der Waals surface area contributed by atoms with Gasteiger partial charge in [0.15, 0.2) is 0 Å². The first-order chi connectivity index (χ1) is 12.1. The van der Waals surface area contributed by atoms with Crippen molar-refractivity contribution in [1.29, 1.82) is 0 Å². The first-order valence-corrected chi connectivity index (χ1v) is 9.22. The molecule has 146 valence electrons. The number of carbonyl (C=O) groups excluding carboxylic acids is 2. The molecule has 4 N–H and O–H groups in total. The maximum atomic E-state index is 13.1. The maximum absolute atomic E-state index is 13.1. The number of urea groups is 1.